The Bertz CT molecular complexity index is 746. The molecule has 5 nitrogen and oxygen atoms in total. The van der Waals surface area contributed by atoms with Crippen LogP contribution < -0.4 is 5.32 Å². The third-order valence-corrected chi connectivity index (χ3v) is 5.68. The van der Waals surface area contributed by atoms with Gasteiger partial charge >= 0.3 is 0 Å². The number of fused-ring (bicyclic) bond motifs is 1. The molecule has 6 heteroatoms. The SMILES string of the molecule is Clc1nc2c(c(NCCCN3CCCC3)n1)CCN(Cc1ccccc1)C2. The van der Waals surface area contributed by atoms with Crippen molar-refractivity contribution in [2.45, 2.75) is 38.8 Å². The lowest BCUT2D eigenvalue weighted by molar-refractivity contribution is 0.241. The van der Waals surface area contributed by atoms with Crippen LogP contribution in [0.25, 0.3) is 0 Å². The van der Waals surface area contributed by atoms with Gasteiger partial charge in [-0.05, 0) is 62.5 Å². The summed E-state index contributed by atoms with van der Waals surface area (Å²) in [5, 5.41) is 3.87. The first kappa shape index (κ1) is 18.7. The number of benzene rings is 1. The fraction of sp³-hybridized carbons (Fsp3) is 0.524. The highest BCUT2D eigenvalue weighted by Gasteiger charge is 2.22. The van der Waals surface area contributed by atoms with Crippen LogP contribution in [0, 0.1) is 0 Å². The van der Waals surface area contributed by atoms with Gasteiger partial charge in [-0.3, -0.25) is 4.90 Å². The number of halogens is 1. The van der Waals surface area contributed by atoms with E-state index >= 15 is 0 Å². The molecule has 27 heavy (non-hydrogen) atoms. The zero-order chi connectivity index (χ0) is 18.5. The summed E-state index contributed by atoms with van der Waals surface area (Å²) in [4.78, 5) is 14.0. The summed E-state index contributed by atoms with van der Waals surface area (Å²) in [6, 6.07) is 10.6. The third-order valence-electron chi connectivity index (χ3n) is 5.51. The molecule has 1 N–H and O–H groups in total. The van der Waals surface area contributed by atoms with Crippen LogP contribution >= 0.6 is 11.6 Å². The van der Waals surface area contributed by atoms with E-state index in [0.717, 1.165) is 50.5 Å². The maximum Gasteiger partial charge on any atom is 0.224 e. The third kappa shape index (κ3) is 4.98. The molecule has 0 amide bonds. The largest absolute Gasteiger partial charge is 0.370 e. The Kier molecular flexibility index (Phi) is 6.22. The monoisotopic (exact) mass is 385 g/mol. The molecule has 3 heterocycles. The number of likely N-dealkylation sites (tertiary alicyclic amines) is 1. The summed E-state index contributed by atoms with van der Waals surface area (Å²) in [5.41, 5.74) is 3.64. The van der Waals surface area contributed by atoms with Gasteiger partial charge in [0.15, 0.2) is 0 Å². The molecule has 2 aliphatic rings. The van der Waals surface area contributed by atoms with Gasteiger partial charge in [0.2, 0.25) is 5.28 Å². The molecular weight excluding hydrogens is 358 g/mol. The lowest BCUT2D eigenvalue weighted by Crippen LogP contribution is -2.32. The molecule has 0 spiro atoms. The van der Waals surface area contributed by atoms with E-state index in [1.807, 2.05) is 0 Å². The predicted octanol–water partition coefficient (Wildman–Crippen LogP) is 3.59. The number of anilines is 1. The van der Waals surface area contributed by atoms with Crippen LogP contribution in [0.15, 0.2) is 30.3 Å². The maximum atomic E-state index is 6.22. The number of hydrogen-bond donors (Lipinski definition) is 1. The van der Waals surface area contributed by atoms with Crippen molar-refractivity contribution in [2.24, 2.45) is 0 Å². The van der Waals surface area contributed by atoms with E-state index in [0.29, 0.717) is 5.28 Å². The molecule has 1 saturated heterocycles. The molecule has 0 radical (unpaired) electrons. The average molecular weight is 386 g/mol. The zero-order valence-electron chi connectivity index (χ0n) is 15.8. The van der Waals surface area contributed by atoms with E-state index in [1.165, 1.54) is 43.6 Å². The van der Waals surface area contributed by atoms with Gasteiger partial charge < -0.3 is 10.2 Å². The normalized spacial score (nSPS) is 17.8. The van der Waals surface area contributed by atoms with Crippen LogP contribution in [0.3, 0.4) is 0 Å². The molecule has 0 aliphatic carbocycles. The highest BCUT2D eigenvalue weighted by molar-refractivity contribution is 6.28. The Morgan fingerprint density at radius 2 is 1.81 bits per heavy atom. The Balaban J connectivity index is 1.36. The van der Waals surface area contributed by atoms with Gasteiger partial charge in [0, 0.05) is 31.7 Å². The van der Waals surface area contributed by atoms with Crippen molar-refractivity contribution in [3.05, 3.63) is 52.4 Å². The smallest absolute Gasteiger partial charge is 0.224 e. The van der Waals surface area contributed by atoms with Crippen molar-refractivity contribution in [1.29, 1.82) is 0 Å². The Morgan fingerprint density at radius 3 is 2.63 bits per heavy atom. The van der Waals surface area contributed by atoms with Gasteiger partial charge in [0.05, 0.1) is 5.69 Å². The van der Waals surface area contributed by atoms with Crippen molar-refractivity contribution in [3.8, 4) is 0 Å². The van der Waals surface area contributed by atoms with Crippen molar-refractivity contribution in [1.82, 2.24) is 19.8 Å². The molecule has 2 aliphatic heterocycles. The second kappa shape index (κ2) is 9.00. The molecule has 2 aromatic rings. The summed E-state index contributed by atoms with van der Waals surface area (Å²) in [6.07, 6.45) is 4.80. The van der Waals surface area contributed by atoms with Crippen molar-refractivity contribution in [2.75, 3.05) is 38.0 Å². The van der Waals surface area contributed by atoms with Gasteiger partial charge in [-0.2, -0.15) is 0 Å². The molecule has 0 atom stereocenters. The van der Waals surface area contributed by atoms with Gasteiger partial charge in [-0.25, -0.2) is 9.97 Å². The highest BCUT2D eigenvalue weighted by Crippen LogP contribution is 2.26. The number of hydrogen-bond acceptors (Lipinski definition) is 5. The van der Waals surface area contributed by atoms with Crippen molar-refractivity contribution in [3.63, 3.8) is 0 Å². The molecule has 4 rings (SSSR count). The quantitative estimate of drug-likeness (QED) is 0.583. The summed E-state index contributed by atoms with van der Waals surface area (Å²) >= 11 is 6.22. The zero-order valence-corrected chi connectivity index (χ0v) is 16.6. The number of aromatic nitrogens is 2. The first-order valence-corrected chi connectivity index (χ1v) is 10.4. The molecule has 1 aromatic heterocycles. The fourth-order valence-electron chi connectivity index (χ4n) is 4.09. The minimum Gasteiger partial charge on any atom is -0.370 e. The molecular formula is C21H28ClN5. The lowest BCUT2D eigenvalue weighted by Gasteiger charge is -2.29. The summed E-state index contributed by atoms with van der Waals surface area (Å²) in [5.74, 6) is 0.936. The minimum atomic E-state index is 0.345. The summed E-state index contributed by atoms with van der Waals surface area (Å²) < 4.78 is 0. The number of rotatable bonds is 7. The molecule has 1 aromatic carbocycles. The van der Waals surface area contributed by atoms with Gasteiger partial charge in [0.1, 0.15) is 5.82 Å². The lowest BCUT2D eigenvalue weighted by atomic mass is 10.0. The van der Waals surface area contributed by atoms with E-state index in [1.54, 1.807) is 0 Å². The average Bonchev–Trinajstić information content (AvgIpc) is 3.19. The van der Waals surface area contributed by atoms with Crippen LogP contribution in [-0.2, 0) is 19.5 Å². The summed E-state index contributed by atoms with van der Waals surface area (Å²) in [6.45, 7) is 7.41. The van der Waals surface area contributed by atoms with E-state index in [4.69, 9.17) is 11.6 Å². The number of nitrogens with one attached hydrogen (secondary N) is 1. The van der Waals surface area contributed by atoms with E-state index < -0.39 is 0 Å². The van der Waals surface area contributed by atoms with Crippen LogP contribution in [0.4, 0.5) is 5.82 Å². The molecule has 0 bridgehead atoms. The Hall–Kier alpha value is -1.69. The molecule has 144 valence electrons. The fourth-order valence-corrected chi connectivity index (χ4v) is 4.28. The predicted molar refractivity (Wildman–Crippen MR) is 110 cm³/mol. The van der Waals surface area contributed by atoms with Gasteiger partial charge in [0.25, 0.3) is 0 Å². The van der Waals surface area contributed by atoms with Gasteiger partial charge in [-0.1, -0.05) is 30.3 Å². The first-order valence-electron chi connectivity index (χ1n) is 10.1. The topological polar surface area (TPSA) is 44.3 Å². The van der Waals surface area contributed by atoms with Crippen molar-refractivity contribution >= 4 is 17.4 Å². The maximum absolute atomic E-state index is 6.22. The number of nitrogens with zero attached hydrogens (tertiary/aromatic N) is 4. The van der Waals surface area contributed by atoms with Crippen LogP contribution in [-0.4, -0.2) is 52.5 Å². The van der Waals surface area contributed by atoms with Crippen LogP contribution in [0.1, 0.15) is 36.1 Å². The van der Waals surface area contributed by atoms with Crippen LogP contribution in [0.5, 0.6) is 0 Å². The Labute approximate surface area is 166 Å². The first-order chi connectivity index (χ1) is 13.3. The van der Waals surface area contributed by atoms with E-state index in [-0.39, 0.29) is 0 Å². The molecule has 0 unspecified atom stereocenters. The second-order valence-electron chi connectivity index (χ2n) is 7.54. The standard InChI is InChI=1S/C21H28ClN5/c22-21-24-19-16-27(15-17-7-2-1-3-8-17)14-9-18(19)20(25-21)23-10-6-13-26-11-4-5-12-26/h1-3,7-8H,4-6,9-16H2,(H,23,24,25). The molecule has 0 saturated carbocycles. The minimum absolute atomic E-state index is 0.345. The van der Waals surface area contributed by atoms with Gasteiger partial charge in [-0.15, -0.1) is 0 Å². The highest BCUT2D eigenvalue weighted by atomic mass is 35.5. The second-order valence-corrected chi connectivity index (χ2v) is 7.88. The Morgan fingerprint density at radius 1 is 1.00 bits per heavy atom. The van der Waals surface area contributed by atoms with Crippen molar-refractivity contribution < 1.29 is 0 Å². The van der Waals surface area contributed by atoms with Crippen LogP contribution in [0.2, 0.25) is 5.28 Å². The summed E-state index contributed by atoms with van der Waals surface area (Å²) in [7, 11) is 0. The van der Waals surface area contributed by atoms with E-state index in [9.17, 15) is 0 Å². The molecule has 1 fully saturated rings. The van der Waals surface area contributed by atoms with E-state index in [2.05, 4.69) is 55.4 Å².